The molecule has 0 aromatic rings. The number of hydrogen-bond acceptors (Lipinski definition) is 2. The van der Waals surface area contributed by atoms with Crippen LogP contribution in [0.3, 0.4) is 0 Å². The van der Waals surface area contributed by atoms with Gasteiger partial charge in [-0.2, -0.15) is 0 Å². The summed E-state index contributed by atoms with van der Waals surface area (Å²) in [7, 11) is 0. The first-order valence-electron chi connectivity index (χ1n) is 6.28. The Balaban J connectivity index is 2.09. The van der Waals surface area contributed by atoms with Gasteiger partial charge in [-0.05, 0) is 19.3 Å². The van der Waals surface area contributed by atoms with E-state index in [9.17, 15) is 4.79 Å². The Bertz CT molecular complexity index is 169. The van der Waals surface area contributed by atoms with Gasteiger partial charge in [0, 0.05) is 6.42 Å². The fourth-order valence-electron chi connectivity index (χ4n) is 2.24. The summed E-state index contributed by atoms with van der Waals surface area (Å²) in [4.78, 5) is 10.9. The van der Waals surface area contributed by atoms with Gasteiger partial charge < -0.3 is 4.74 Å². The van der Waals surface area contributed by atoms with E-state index in [2.05, 4.69) is 6.92 Å². The second-order valence-electron chi connectivity index (χ2n) is 4.47. The zero-order valence-corrected chi connectivity index (χ0v) is 9.67. The van der Waals surface area contributed by atoms with Crippen LogP contribution in [0.15, 0.2) is 0 Å². The number of carbonyl (C=O) groups excluding carboxylic acids is 1. The molecule has 0 N–H and O–H groups in total. The molecule has 1 radical (unpaired) electrons. The first kappa shape index (κ1) is 12.5. The molecule has 0 heterocycles. The van der Waals surface area contributed by atoms with E-state index < -0.39 is 0 Å². The van der Waals surface area contributed by atoms with E-state index in [0.717, 1.165) is 12.3 Å². The number of hydrogen-bond donors (Lipinski definition) is 0. The quantitative estimate of drug-likeness (QED) is 0.665. The molecular weight excluding hydrogens is 188 g/mol. The van der Waals surface area contributed by atoms with Gasteiger partial charge in [-0.1, -0.05) is 44.9 Å². The first-order chi connectivity index (χ1) is 7.33. The Labute approximate surface area is 93.4 Å². The minimum Gasteiger partial charge on any atom is -0.466 e. The second-order valence-corrected chi connectivity index (χ2v) is 4.47. The van der Waals surface area contributed by atoms with Crippen LogP contribution in [-0.2, 0) is 9.53 Å². The van der Waals surface area contributed by atoms with Crippen molar-refractivity contribution >= 4 is 5.97 Å². The van der Waals surface area contributed by atoms with Gasteiger partial charge in [-0.25, -0.2) is 0 Å². The summed E-state index contributed by atoms with van der Waals surface area (Å²) >= 11 is 0. The fourth-order valence-corrected chi connectivity index (χ4v) is 2.24. The van der Waals surface area contributed by atoms with Crippen LogP contribution < -0.4 is 0 Å². The van der Waals surface area contributed by atoms with Crippen molar-refractivity contribution in [2.24, 2.45) is 5.92 Å². The molecule has 1 aliphatic rings. The van der Waals surface area contributed by atoms with E-state index in [-0.39, 0.29) is 12.4 Å². The van der Waals surface area contributed by atoms with E-state index in [1.54, 1.807) is 0 Å². The number of carbonyl (C=O) groups is 1. The van der Waals surface area contributed by atoms with Crippen molar-refractivity contribution in [1.82, 2.24) is 0 Å². The lowest BCUT2D eigenvalue weighted by atomic mass is 9.89. The Morgan fingerprint density at radius 3 is 2.33 bits per heavy atom. The summed E-state index contributed by atoms with van der Waals surface area (Å²) in [5, 5.41) is 0. The monoisotopic (exact) mass is 211 g/mol. The standard InChI is InChI=1S/C13H23O2/c1-2-13(14)15-11-10-12-8-6-4-3-5-7-9-12/h12H,1-11H2. The van der Waals surface area contributed by atoms with Crippen molar-refractivity contribution in [3.8, 4) is 0 Å². The Kier molecular flexibility index (Phi) is 6.45. The smallest absolute Gasteiger partial charge is 0.305 e. The zero-order chi connectivity index (χ0) is 10.9. The van der Waals surface area contributed by atoms with E-state index >= 15 is 0 Å². The maximum atomic E-state index is 10.9. The van der Waals surface area contributed by atoms with Crippen molar-refractivity contribution in [2.75, 3.05) is 6.61 Å². The van der Waals surface area contributed by atoms with Gasteiger partial charge in [0.2, 0.25) is 0 Å². The van der Waals surface area contributed by atoms with Crippen LogP contribution >= 0.6 is 0 Å². The van der Waals surface area contributed by atoms with Crippen LogP contribution in [-0.4, -0.2) is 12.6 Å². The minimum atomic E-state index is -0.166. The van der Waals surface area contributed by atoms with Crippen molar-refractivity contribution in [3.63, 3.8) is 0 Å². The third-order valence-electron chi connectivity index (χ3n) is 3.22. The minimum absolute atomic E-state index is 0.166. The number of ether oxygens (including phenoxy) is 1. The largest absolute Gasteiger partial charge is 0.466 e. The molecule has 0 amide bonds. The van der Waals surface area contributed by atoms with E-state index in [0.29, 0.717) is 6.61 Å². The molecule has 15 heavy (non-hydrogen) atoms. The molecule has 87 valence electrons. The topological polar surface area (TPSA) is 26.3 Å². The first-order valence-corrected chi connectivity index (χ1v) is 6.28. The SMILES string of the molecule is [CH2]CC(=O)OCCC1CCCCCCC1. The second kappa shape index (κ2) is 7.72. The molecule has 0 atom stereocenters. The highest BCUT2D eigenvalue weighted by atomic mass is 16.5. The Morgan fingerprint density at radius 2 is 1.73 bits per heavy atom. The van der Waals surface area contributed by atoms with Crippen molar-refractivity contribution in [3.05, 3.63) is 6.92 Å². The van der Waals surface area contributed by atoms with Crippen molar-refractivity contribution < 1.29 is 9.53 Å². The van der Waals surface area contributed by atoms with Gasteiger partial charge in [0.15, 0.2) is 0 Å². The van der Waals surface area contributed by atoms with Gasteiger partial charge in [-0.3, -0.25) is 4.79 Å². The van der Waals surface area contributed by atoms with Crippen LogP contribution in [0, 0.1) is 12.8 Å². The molecule has 0 bridgehead atoms. The molecule has 0 aliphatic heterocycles. The predicted molar refractivity (Wildman–Crippen MR) is 61.4 cm³/mol. The normalized spacial score (nSPS) is 19.3. The lowest BCUT2D eigenvalue weighted by Crippen LogP contribution is -2.10. The van der Waals surface area contributed by atoms with Crippen LogP contribution in [0.25, 0.3) is 0 Å². The molecule has 0 unspecified atom stereocenters. The van der Waals surface area contributed by atoms with Gasteiger partial charge in [0.05, 0.1) is 6.61 Å². The molecule has 1 aliphatic carbocycles. The molecule has 1 rings (SSSR count). The van der Waals surface area contributed by atoms with E-state index in [1.807, 2.05) is 0 Å². The molecule has 2 nitrogen and oxygen atoms in total. The highest BCUT2D eigenvalue weighted by Gasteiger charge is 2.11. The predicted octanol–water partition coefficient (Wildman–Crippen LogP) is 3.50. The summed E-state index contributed by atoms with van der Waals surface area (Å²) in [5.74, 6) is 0.615. The molecule has 1 fully saturated rings. The van der Waals surface area contributed by atoms with Gasteiger partial charge in [-0.15, -0.1) is 0 Å². The summed E-state index contributed by atoms with van der Waals surface area (Å²) < 4.78 is 5.06. The van der Waals surface area contributed by atoms with E-state index in [1.165, 1.54) is 44.9 Å². The molecule has 2 heteroatoms. The number of rotatable bonds is 4. The maximum absolute atomic E-state index is 10.9. The van der Waals surface area contributed by atoms with Crippen molar-refractivity contribution in [1.29, 1.82) is 0 Å². The van der Waals surface area contributed by atoms with Crippen molar-refractivity contribution in [2.45, 2.75) is 57.8 Å². The molecular formula is C13H23O2. The fraction of sp³-hybridized carbons (Fsp3) is 0.846. The lowest BCUT2D eigenvalue weighted by Gasteiger charge is -2.19. The average molecular weight is 211 g/mol. The van der Waals surface area contributed by atoms with Gasteiger partial charge in [0.25, 0.3) is 0 Å². The average Bonchev–Trinajstić information content (AvgIpc) is 2.20. The molecule has 0 aromatic carbocycles. The van der Waals surface area contributed by atoms with Gasteiger partial charge >= 0.3 is 5.97 Å². The van der Waals surface area contributed by atoms with Crippen LogP contribution in [0.1, 0.15) is 57.8 Å². The summed E-state index contributed by atoms with van der Waals surface area (Å²) in [6.45, 7) is 4.10. The summed E-state index contributed by atoms with van der Waals surface area (Å²) in [6.07, 6.45) is 10.8. The lowest BCUT2D eigenvalue weighted by molar-refractivity contribution is -0.143. The molecule has 0 aromatic heterocycles. The highest BCUT2D eigenvalue weighted by molar-refractivity contribution is 5.69. The van der Waals surface area contributed by atoms with Crippen LogP contribution in [0.4, 0.5) is 0 Å². The Hall–Kier alpha value is -0.530. The third-order valence-corrected chi connectivity index (χ3v) is 3.22. The molecule has 0 spiro atoms. The zero-order valence-electron chi connectivity index (χ0n) is 9.67. The maximum Gasteiger partial charge on any atom is 0.305 e. The third kappa shape index (κ3) is 5.81. The van der Waals surface area contributed by atoms with Crippen LogP contribution in [0.2, 0.25) is 0 Å². The Morgan fingerprint density at radius 1 is 1.13 bits per heavy atom. The van der Waals surface area contributed by atoms with E-state index in [4.69, 9.17) is 4.74 Å². The number of esters is 1. The summed E-state index contributed by atoms with van der Waals surface area (Å²) in [5.41, 5.74) is 0. The van der Waals surface area contributed by atoms with Gasteiger partial charge in [0.1, 0.15) is 0 Å². The molecule has 1 saturated carbocycles. The molecule has 0 saturated heterocycles. The highest BCUT2D eigenvalue weighted by Crippen LogP contribution is 2.24. The van der Waals surface area contributed by atoms with Crippen LogP contribution in [0.5, 0.6) is 0 Å². The summed E-state index contributed by atoms with van der Waals surface area (Å²) in [6, 6.07) is 0.